The summed E-state index contributed by atoms with van der Waals surface area (Å²) in [6.45, 7) is 0. The molecule has 1 aromatic heterocycles. The van der Waals surface area contributed by atoms with Crippen molar-refractivity contribution in [2.75, 3.05) is 19.5 Å². The van der Waals surface area contributed by atoms with Crippen LogP contribution in [-0.4, -0.2) is 32.0 Å². The SMILES string of the molecule is COC(=O)c1ccc(NC(=O)C(=Cc2ccco2)NC(=O)c2ccccc2OC)cc1. The summed E-state index contributed by atoms with van der Waals surface area (Å²) in [7, 11) is 2.74. The number of esters is 1. The van der Waals surface area contributed by atoms with Gasteiger partial charge in [-0.25, -0.2) is 4.79 Å². The molecule has 0 saturated carbocycles. The number of rotatable bonds is 7. The van der Waals surface area contributed by atoms with Gasteiger partial charge in [0.1, 0.15) is 17.2 Å². The first kappa shape index (κ1) is 21.4. The van der Waals surface area contributed by atoms with Crippen LogP contribution < -0.4 is 15.4 Å². The van der Waals surface area contributed by atoms with Crippen molar-refractivity contribution in [1.29, 1.82) is 0 Å². The van der Waals surface area contributed by atoms with E-state index in [2.05, 4.69) is 15.4 Å². The van der Waals surface area contributed by atoms with E-state index in [1.54, 1.807) is 48.5 Å². The third-order valence-corrected chi connectivity index (χ3v) is 4.24. The van der Waals surface area contributed by atoms with E-state index in [1.807, 2.05) is 0 Å². The minimum absolute atomic E-state index is 0.0390. The van der Waals surface area contributed by atoms with Gasteiger partial charge in [-0.3, -0.25) is 9.59 Å². The minimum Gasteiger partial charge on any atom is -0.496 e. The molecule has 0 atom stereocenters. The highest BCUT2D eigenvalue weighted by atomic mass is 16.5. The molecule has 3 rings (SSSR count). The van der Waals surface area contributed by atoms with E-state index in [0.29, 0.717) is 22.8 Å². The Morgan fingerprint density at radius 1 is 0.935 bits per heavy atom. The number of furan rings is 1. The summed E-state index contributed by atoms with van der Waals surface area (Å²) in [5.74, 6) is -0.833. The summed E-state index contributed by atoms with van der Waals surface area (Å²) in [5.41, 5.74) is 0.999. The van der Waals surface area contributed by atoms with Crippen LogP contribution in [0.15, 0.2) is 77.0 Å². The van der Waals surface area contributed by atoms with Crippen molar-refractivity contribution in [3.05, 3.63) is 89.5 Å². The second-order valence-corrected chi connectivity index (χ2v) is 6.25. The predicted octanol–water partition coefficient (Wildman–Crippen LogP) is 3.48. The highest BCUT2D eigenvalue weighted by molar-refractivity contribution is 6.11. The van der Waals surface area contributed by atoms with Crippen molar-refractivity contribution in [1.82, 2.24) is 5.32 Å². The monoisotopic (exact) mass is 420 g/mol. The molecule has 8 nitrogen and oxygen atoms in total. The Balaban J connectivity index is 1.83. The number of carbonyl (C=O) groups excluding carboxylic acids is 3. The van der Waals surface area contributed by atoms with Gasteiger partial charge in [0.2, 0.25) is 0 Å². The van der Waals surface area contributed by atoms with Gasteiger partial charge >= 0.3 is 5.97 Å². The number of amides is 2. The molecule has 0 aliphatic carbocycles. The Kier molecular flexibility index (Phi) is 6.85. The zero-order chi connectivity index (χ0) is 22.2. The third kappa shape index (κ3) is 5.39. The zero-order valence-corrected chi connectivity index (χ0v) is 16.9. The Morgan fingerprint density at radius 3 is 2.32 bits per heavy atom. The van der Waals surface area contributed by atoms with Crippen molar-refractivity contribution < 1.29 is 28.3 Å². The maximum Gasteiger partial charge on any atom is 0.337 e. The fourth-order valence-corrected chi connectivity index (χ4v) is 2.70. The summed E-state index contributed by atoms with van der Waals surface area (Å²) >= 11 is 0. The van der Waals surface area contributed by atoms with Crippen LogP contribution in [0.1, 0.15) is 26.5 Å². The van der Waals surface area contributed by atoms with Gasteiger partial charge < -0.3 is 24.5 Å². The van der Waals surface area contributed by atoms with Crippen molar-refractivity contribution in [3.63, 3.8) is 0 Å². The Labute approximate surface area is 178 Å². The molecule has 2 N–H and O–H groups in total. The van der Waals surface area contributed by atoms with Crippen molar-refractivity contribution in [3.8, 4) is 5.75 Å². The number of nitrogens with one attached hydrogen (secondary N) is 2. The van der Waals surface area contributed by atoms with Crippen LogP contribution >= 0.6 is 0 Å². The van der Waals surface area contributed by atoms with Crippen LogP contribution in [0, 0.1) is 0 Å². The molecular weight excluding hydrogens is 400 g/mol. The average molecular weight is 420 g/mol. The van der Waals surface area contributed by atoms with Gasteiger partial charge in [-0.05, 0) is 48.5 Å². The van der Waals surface area contributed by atoms with Gasteiger partial charge in [0, 0.05) is 11.8 Å². The fraction of sp³-hybridized carbons (Fsp3) is 0.0870. The van der Waals surface area contributed by atoms with Crippen molar-refractivity contribution in [2.45, 2.75) is 0 Å². The van der Waals surface area contributed by atoms with E-state index in [-0.39, 0.29) is 11.3 Å². The van der Waals surface area contributed by atoms with Crippen LogP contribution in [0.4, 0.5) is 5.69 Å². The zero-order valence-electron chi connectivity index (χ0n) is 16.9. The first-order valence-electron chi connectivity index (χ1n) is 9.21. The maximum atomic E-state index is 12.9. The number of hydrogen-bond acceptors (Lipinski definition) is 6. The van der Waals surface area contributed by atoms with Gasteiger partial charge in [-0.1, -0.05) is 12.1 Å². The minimum atomic E-state index is -0.578. The fourth-order valence-electron chi connectivity index (χ4n) is 2.70. The molecule has 2 aromatic carbocycles. The molecule has 8 heteroatoms. The van der Waals surface area contributed by atoms with Gasteiger partial charge in [-0.2, -0.15) is 0 Å². The van der Waals surface area contributed by atoms with Crippen LogP contribution in [-0.2, 0) is 9.53 Å². The highest BCUT2D eigenvalue weighted by Crippen LogP contribution is 2.18. The number of anilines is 1. The lowest BCUT2D eigenvalue weighted by atomic mass is 10.1. The van der Waals surface area contributed by atoms with Crippen LogP contribution in [0.3, 0.4) is 0 Å². The number of hydrogen-bond donors (Lipinski definition) is 2. The number of para-hydroxylation sites is 1. The molecule has 0 aliphatic rings. The van der Waals surface area contributed by atoms with E-state index in [0.717, 1.165) is 0 Å². The quantitative estimate of drug-likeness (QED) is 0.448. The lowest BCUT2D eigenvalue weighted by molar-refractivity contribution is -0.113. The van der Waals surface area contributed by atoms with E-state index in [9.17, 15) is 14.4 Å². The second-order valence-electron chi connectivity index (χ2n) is 6.25. The van der Waals surface area contributed by atoms with E-state index in [4.69, 9.17) is 9.15 Å². The molecule has 0 saturated heterocycles. The average Bonchev–Trinajstić information content (AvgIpc) is 3.31. The molecule has 3 aromatic rings. The lowest BCUT2D eigenvalue weighted by Gasteiger charge is -2.12. The van der Waals surface area contributed by atoms with E-state index >= 15 is 0 Å². The molecule has 2 amide bonds. The largest absolute Gasteiger partial charge is 0.496 e. The number of ether oxygens (including phenoxy) is 2. The van der Waals surface area contributed by atoms with Crippen LogP contribution in [0.2, 0.25) is 0 Å². The van der Waals surface area contributed by atoms with Crippen LogP contribution in [0.5, 0.6) is 5.75 Å². The molecule has 0 radical (unpaired) electrons. The van der Waals surface area contributed by atoms with Gasteiger partial charge in [0.15, 0.2) is 0 Å². The second kappa shape index (κ2) is 9.93. The molecule has 0 aliphatic heterocycles. The Hall–Kier alpha value is -4.33. The Morgan fingerprint density at radius 2 is 1.68 bits per heavy atom. The number of benzene rings is 2. The maximum absolute atomic E-state index is 12.9. The normalized spacial score (nSPS) is 10.8. The summed E-state index contributed by atoms with van der Waals surface area (Å²) in [6, 6.07) is 16.1. The number of methoxy groups -OCH3 is 2. The predicted molar refractivity (Wildman–Crippen MR) is 114 cm³/mol. The molecular formula is C23H20N2O6. The van der Waals surface area contributed by atoms with Gasteiger partial charge in [-0.15, -0.1) is 0 Å². The topological polar surface area (TPSA) is 107 Å². The highest BCUT2D eigenvalue weighted by Gasteiger charge is 2.18. The van der Waals surface area contributed by atoms with E-state index < -0.39 is 17.8 Å². The molecule has 31 heavy (non-hydrogen) atoms. The van der Waals surface area contributed by atoms with Crippen molar-refractivity contribution in [2.24, 2.45) is 0 Å². The Bertz CT molecular complexity index is 1100. The van der Waals surface area contributed by atoms with Crippen molar-refractivity contribution >= 4 is 29.5 Å². The standard InChI is InChI=1S/C23H20N2O6/c1-29-20-8-4-3-7-18(20)21(26)25-19(14-17-6-5-13-31-17)22(27)24-16-11-9-15(10-12-16)23(28)30-2/h3-14H,1-2H3,(H,24,27)(H,25,26). The summed E-state index contributed by atoms with van der Waals surface area (Å²) in [6.07, 6.45) is 2.86. The van der Waals surface area contributed by atoms with E-state index in [1.165, 1.54) is 38.7 Å². The smallest absolute Gasteiger partial charge is 0.337 e. The molecule has 0 fully saturated rings. The molecule has 1 heterocycles. The third-order valence-electron chi connectivity index (χ3n) is 4.24. The lowest BCUT2D eigenvalue weighted by Crippen LogP contribution is -2.31. The molecule has 0 bridgehead atoms. The summed E-state index contributed by atoms with van der Waals surface area (Å²) in [4.78, 5) is 37.2. The number of carbonyl (C=O) groups is 3. The first-order valence-corrected chi connectivity index (χ1v) is 9.21. The summed E-state index contributed by atoms with van der Waals surface area (Å²) in [5, 5.41) is 5.28. The molecule has 0 spiro atoms. The summed E-state index contributed by atoms with van der Waals surface area (Å²) < 4.78 is 15.1. The molecule has 0 unspecified atom stereocenters. The van der Waals surface area contributed by atoms with Gasteiger partial charge in [0.05, 0.1) is 31.6 Å². The first-order chi connectivity index (χ1) is 15.0. The molecule has 158 valence electrons. The van der Waals surface area contributed by atoms with Gasteiger partial charge in [0.25, 0.3) is 11.8 Å². The van der Waals surface area contributed by atoms with Crippen LogP contribution in [0.25, 0.3) is 6.08 Å².